The molecule has 2 aliphatic heterocycles. The largest absolute Gasteiger partial charge is 0.339 e. The number of piperidine rings is 1. The molecule has 2 aliphatic rings. The number of aromatic nitrogens is 2. The van der Waals surface area contributed by atoms with Crippen LogP contribution in [0.15, 0.2) is 43.0 Å². The van der Waals surface area contributed by atoms with Crippen molar-refractivity contribution in [2.75, 3.05) is 18.0 Å². The maximum Gasteiger partial charge on any atom is 0.246 e. The lowest BCUT2D eigenvalue weighted by molar-refractivity contribution is -0.135. The molecule has 1 aromatic heterocycles. The van der Waals surface area contributed by atoms with Gasteiger partial charge in [-0.2, -0.15) is 0 Å². The lowest BCUT2D eigenvalue weighted by atomic mass is 10.0. The second-order valence-corrected chi connectivity index (χ2v) is 6.83. The van der Waals surface area contributed by atoms with Crippen LogP contribution < -0.4 is 4.90 Å². The number of para-hydroxylation sites is 1. The minimum atomic E-state index is -0.420. The molecule has 6 nitrogen and oxygen atoms in total. The first-order chi connectivity index (χ1) is 12.1. The normalized spacial score (nSPS) is 22.8. The molecule has 130 valence electrons. The summed E-state index contributed by atoms with van der Waals surface area (Å²) in [4.78, 5) is 33.1. The number of anilines is 1. The molecule has 0 saturated carbocycles. The predicted molar refractivity (Wildman–Crippen MR) is 94.2 cm³/mol. The fraction of sp³-hybridized carbons (Fsp3) is 0.421. The molecule has 0 radical (unpaired) electrons. The SMILES string of the molecule is CC(=O)N1c2ccccc2C[C@H]1C(=O)N1CCC[C@@H](n2ccnc2)C1. The molecule has 1 aromatic carbocycles. The van der Waals surface area contributed by atoms with Crippen molar-refractivity contribution in [2.24, 2.45) is 0 Å². The van der Waals surface area contributed by atoms with E-state index in [-0.39, 0.29) is 17.9 Å². The Bertz CT molecular complexity index is 786. The molecular formula is C19H22N4O2. The van der Waals surface area contributed by atoms with Crippen LogP contribution in [0.4, 0.5) is 5.69 Å². The maximum atomic E-state index is 13.2. The summed E-state index contributed by atoms with van der Waals surface area (Å²) in [5.74, 6) is -0.0253. The van der Waals surface area contributed by atoms with E-state index < -0.39 is 6.04 Å². The highest BCUT2D eigenvalue weighted by molar-refractivity contribution is 6.02. The van der Waals surface area contributed by atoms with Gasteiger partial charge in [-0.3, -0.25) is 14.5 Å². The van der Waals surface area contributed by atoms with E-state index in [1.807, 2.05) is 41.7 Å². The summed E-state index contributed by atoms with van der Waals surface area (Å²) in [7, 11) is 0. The summed E-state index contributed by atoms with van der Waals surface area (Å²) < 4.78 is 2.07. The van der Waals surface area contributed by atoms with Gasteiger partial charge in [-0.15, -0.1) is 0 Å². The highest BCUT2D eigenvalue weighted by Gasteiger charge is 2.39. The Hall–Kier alpha value is -2.63. The van der Waals surface area contributed by atoms with Crippen molar-refractivity contribution in [1.29, 1.82) is 0 Å². The molecule has 2 aromatic rings. The number of amides is 2. The quantitative estimate of drug-likeness (QED) is 0.842. The first-order valence-electron chi connectivity index (χ1n) is 8.79. The second-order valence-electron chi connectivity index (χ2n) is 6.83. The van der Waals surface area contributed by atoms with E-state index in [1.165, 1.54) is 6.92 Å². The van der Waals surface area contributed by atoms with Gasteiger partial charge in [0.15, 0.2) is 0 Å². The number of carbonyl (C=O) groups excluding carboxylic acids is 2. The first-order valence-corrected chi connectivity index (χ1v) is 8.79. The smallest absolute Gasteiger partial charge is 0.246 e. The predicted octanol–water partition coefficient (Wildman–Crippen LogP) is 2.02. The van der Waals surface area contributed by atoms with E-state index >= 15 is 0 Å². The minimum absolute atomic E-state index is 0.0521. The zero-order valence-electron chi connectivity index (χ0n) is 14.3. The van der Waals surface area contributed by atoms with Crippen LogP contribution in [-0.4, -0.2) is 45.4 Å². The summed E-state index contributed by atoms with van der Waals surface area (Å²) in [5.41, 5.74) is 1.94. The van der Waals surface area contributed by atoms with Gasteiger partial charge in [0, 0.05) is 44.5 Å². The van der Waals surface area contributed by atoms with Crippen LogP contribution in [0.3, 0.4) is 0 Å². The van der Waals surface area contributed by atoms with E-state index in [0.717, 1.165) is 30.6 Å². The molecule has 0 unspecified atom stereocenters. The molecule has 6 heteroatoms. The number of rotatable bonds is 2. The highest BCUT2D eigenvalue weighted by Crippen LogP contribution is 2.33. The van der Waals surface area contributed by atoms with Crippen molar-refractivity contribution in [3.63, 3.8) is 0 Å². The van der Waals surface area contributed by atoms with Gasteiger partial charge in [-0.05, 0) is 24.5 Å². The molecule has 1 saturated heterocycles. The summed E-state index contributed by atoms with van der Waals surface area (Å²) in [6.45, 7) is 2.96. The molecule has 3 heterocycles. The summed E-state index contributed by atoms with van der Waals surface area (Å²) in [6.07, 6.45) is 8.14. The number of fused-ring (bicyclic) bond motifs is 1. The first kappa shape index (κ1) is 15.9. The van der Waals surface area contributed by atoms with Crippen LogP contribution in [0.25, 0.3) is 0 Å². The van der Waals surface area contributed by atoms with Gasteiger partial charge in [0.2, 0.25) is 11.8 Å². The maximum absolute atomic E-state index is 13.2. The summed E-state index contributed by atoms with van der Waals surface area (Å²) in [6, 6.07) is 7.64. The second kappa shape index (κ2) is 6.35. The van der Waals surface area contributed by atoms with Crippen LogP contribution >= 0.6 is 0 Å². The Labute approximate surface area is 147 Å². The van der Waals surface area contributed by atoms with E-state index in [1.54, 1.807) is 11.1 Å². The lowest BCUT2D eigenvalue weighted by Gasteiger charge is -2.36. The van der Waals surface area contributed by atoms with Gasteiger partial charge in [0.25, 0.3) is 0 Å². The third-order valence-corrected chi connectivity index (χ3v) is 5.26. The van der Waals surface area contributed by atoms with E-state index in [0.29, 0.717) is 13.0 Å². The van der Waals surface area contributed by atoms with Crippen LogP contribution in [0, 0.1) is 0 Å². The van der Waals surface area contributed by atoms with E-state index in [4.69, 9.17) is 0 Å². The number of hydrogen-bond donors (Lipinski definition) is 0. The summed E-state index contributed by atoms with van der Waals surface area (Å²) >= 11 is 0. The molecule has 25 heavy (non-hydrogen) atoms. The van der Waals surface area contributed by atoms with Gasteiger partial charge in [0.1, 0.15) is 6.04 Å². The molecule has 2 amide bonds. The Morgan fingerprint density at radius 1 is 1.24 bits per heavy atom. The molecule has 0 spiro atoms. The number of likely N-dealkylation sites (tertiary alicyclic amines) is 1. The minimum Gasteiger partial charge on any atom is -0.339 e. The Morgan fingerprint density at radius 2 is 2.08 bits per heavy atom. The Morgan fingerprint density at radius 3 is 2.84 bits per heavy atom. The Balaban J connectivity index is 1.55. The molecule has 0 bridgehead atoms. The van der Waals surface area contributed by atoms with Crippen LogP contribution in [0.2, 0.25) is 0 Å². The third kappa shape index (κ3) is 2.81. The molecular weight excluding hydrogens is 316 g/mol. The van der Waals surface area contributed by atoms with Gasteiger partial charge in [-0.1, -0.05) is 18.2 Å². The Kier molecular flexibility index (Phi) is 4.03. The van der Waals surface area contributed by atoms with Crippen molar-refractivity contribution in [2.45, 2.75) is 38.3 Å². The zero-order valence-corrected chi connectivity index (χ0v) is 14.3. The van der Waals surface area contributed by atoms with E-state index in [9.17, 15) is 9.59 Å². The lowest BCUT2D eigenvalue weighted by Crippen LogP contribution is -2.51. The number of nitrogens with zero attached hydrogens (tertiary/aromatic N) is 4. The van der Waals surface area contributed by atoms with Crippen molar-refractivity contribution >= 4 is 17.5 Å². The standard InChI is InChI=1S/C19H22N4O2/c1-14(24)23-17-7-3-2-5-15(17)11-18(23)19(25)21-9-4-6-16(12-21)22-10-8-20-13-22/h2-3,5,7-8,10,13,16,18H,4,6,9,11-12H2,1H3/t16-,18+/m1/s1. The number of carbonyl (C=O) groups is 2. The average molecular weight is 338 g/mol. The highest BCUT2D eigenvalue weighted by atomic mass is 16.2. The van der Waals surface area contributed by atoms with Crippen LogP contribution in [-0.2, 0) is 16.0 Å². The monoisotopic (exact) mass is 338 g/mol. The fourth-order valence-electron chi connectivity index (χ4n) is 4.07. The van der Waals surface area contributed by atoms with Gasteiger partial charge in [-0.25, -0.2) is 4.98 Å². The van der Waals surface area contributed by atoms with Crippen molar-refractivity contribution in [3.8, 4) is 0 Å². The van der Waals surface area contributed by atoms with Crippen molar-refractivity contribution in [3.05, 3.63) is 48.5 Å². The molecule has 0 aliphatic carbocycles. The summed E-state index contributed by atoms with van der Waals surface area (Å²) in [5, 5.41) is 0. The molecule has 2 atom stereocenters. The fourth-order valence-corrected chi connectivity index (χ4v) is 4.07. The third-order valence-electron chi connectivity index (χ3n) is 5.26. The van der Waals surface area contributed by atoms with Gasteiger partial charge < -0.3 is 9.47 Å². The average Bonchev–Trinajstić information content (AvgIpc) is 3.28. The number of hydrogen-bond acceptors (Lipinski definition) is 3. The zero-order chi connectivity index (χ0) is 17.4. The van der Waals surface area contributed by atoms with Gasteiger partial charge in [0.05, 0.1) is 12.4 Å². The molecule has 0 N–H and O–H groups in total. The van der Waals surface area contributed by atoms with Crippen LogP contribution in [0.5, 0.6) is 0 Å². The van der Waals surface area contributed by atoms with Crippen LogP contribution in [0.1, 0.15) is 31.4 Å². The number of benzene rings is 1. The van der Waals surface area contributed by atoms with Crippen molar-refractivity contribution < 1.29 is 9.59 Å². The topological polar surface area (TPSA) is 58.4 Å². The van der Waals surface area contributed by atoms with E-state index in [2.05, 4.69) is 9.55 Å². The molecule has 4 rings (SSSR count). The number of imidazole rings is 1. The van der Waals surface area contributed by atoms with Gasteiger partial charge >= 0.3 is 0 Å². The van der Waals surface area contributed by atoms with Crippen molar-refractivity contribution in [1.82, 2.24) is 14.5 Å². The molecule has 1 fully saturated rings.